The van der Waals surface area contributed by atoms with Crippen LogP contribution >= 0.6 is 12.2 Å². The van der Waals surface area contributed by atoms with Crippen molar-refractivity contribution in [2.75, 3.05) is 5.32 Å². The second-order valence-corrected chi connectivity index (χ2v) is 5.56. The molecule has 0 aromatic heterocycles. The number of hydrogen-bond donors (Lipinski definition) is 2. The van der Waals surface area contributed by atoms with Crippen LogP contribution in [0, 0.1) is 18.2 Å². The number of rotatable bonds is 3. The van der Waals surface area contributed by atoms with E-state index in [2.05, 4.69) is 5.32 Å². The van der Waals surface area contributed by atoms with Crippen molar-refractivity contribution in [3.8, 4) is 0 Å². The Kier molecular flexibility index (Phi) is 3.85. The van der Waals surface area contributed by atoms with Gasteiger partial charge < -0.3 is 11.1 Å². The van der Waals surface area contributed by atoms with E-state index in [1.54, 1.807) is 13.0 Å². The molecule has 3 nitrogen and oxygen atoms in total. The maximum atomic E-state index is 13.3. The number of aryl methyl sites for hydroxylation is 1. The Bertz CT molecular complexity index is 504. The maximum Gasteiger partial charge on any atom is 0.237 e. The van der Waals surface area contributed by atoms with Gasteiger partial charge in [0, 0.05) is 5.69 Å². The first kappa shape index (κ1) is 13.9. The molecule has 1 aliphatic rings. The summed E-state index contributed by atoms with van der Waals surface area (Å²) in [5.41, 5.74) is 6.18. The fraction of sp³-hybridized carbons (Fsp3) is 0.429. The Morgan fingerprint density at radius 1 is 1.37 bits per heavy atom. The standard InChI is InChI=1S/C14H17FN2OS/c1-9-6-10(15)8-11(7-9)17-13(18)14(12(16)19)4-2-3-5-14/h6-8H,2-5H2,1H3,(H2,16,19)(H,17,18). The minimum absolute atomic E-state index is 0.220. The molecule has 0 atom stereocenters. The molecule has 19 heavy (non-hydrogen) atoms. The number of carbonyl (C=O) groups excluding carboxylic acids is 1. The summed E-state index contributed by atoms with van der Waals surface area (Å²) in [6.45, 7) is 1.78. The summed E-state index contributed by atoms with van der Waals surface area (Å²) in [6.07, 6.45) is 3.21. The zero-order valence-electron chi connectivity index (χ0n) is 10.8. The summed E-state index contributed by atoms with van der Waals surface area (Å²) in [7, 11) is 0. The average molecular weight is 280 g/mol. The van der Waals surface area contributed by atoms with Gasteiger partial charge in [0.15, 0.2) is 0 Å². The first-order valence-electron chi connectivity index (χ1n) is 6.33. The van der Waals surface area contributed by atoms with Crippen LogP contribution in [0.3, 0.4) is 0 Å². The summed E-state index contributed by atoms with van der Waals surface area (Å²) in [4.78, 5) is 12.6. The van der Waals surface area contributed by atoms with Crippen LogP contribution in [0.5, 0.6) is 0 Å². The molecular formula is C14H17FN2OS. The van der Waals surface area contributed by atoms with Gasteiger partial charge in [-0.25, -0.2) is 4.39 Å². The van der Waals surface area contributed by atoms with Crippen LogP contribution in [-0.4, -0.2) is 10.9 Å². The third kappa shape index (κ3) is 2.76. The molecule has 102 valence electrons. The second-order valence-electron chi connectivity index (χ2n) is 5.12. The van der Waals surface area contributed by atoms with Gasteiger partial charge in [-0.1, -0.05) is 25.1 Å². The van der Waals surface area contributed by atoms with Crippen LogP contribution in [0.2, 0.25) is 0 Å². The van der Waals surface area contributed by atoms with E-state index in [9.17, 15) is 9.18 Å². The molecule has 1 aromatic carbocycles. The number of nitrogens with one attached hydrogen (secondary N) is 1. The molecule has 0 radical (unpaired) electrons. The van der Waals surface area contributed by atoms with Gasteiger partial charge in [-0.3, -0.25) is 4.79 Å². The van der Waals surface area contributed by atoms with Crippen molar-refractivity contribution >= 4 is 28.8 Å². The first-order chi connectivity index (χ1) is 8.94. The van der Waals surface area contributed by atoms with E-state index in [1.807, 2.05) is 0 Å². The summed E-state index contributed by atoms with van der Waals surface area (Å²) >= 11 is 5.05. The molecule has 5 heteroatoms. The van der Waals surface area contributed by atoms with Crippen molar-refractivity contribution in [2.45, 2.75) is 32.6 Å². The summed E-state index contributed by atoms with van der Waals surface area (Å²) in [5.74, 6) is -0.589. The zero-order chi connectivity index (χ0) is 14.0. The van der Waals surface area contributed by atoms with E-state index in [0.717, 1.165) is 18.4 Å². The Balaban J connectivity index is 2.22. The van der Waals surface area contributed by atoms with E-state index in [-0.39, 0.29) is 16.7 Å². The number of anilines is 1. The second kappa shape index (κ2) is 5.25. The molecule has 0 spiro atoms. The van der Waals surface area contributed by atoms with Gasteiger partial charge in [-0.15, -0.1) is 0 Å². The lowest BCUT2D eigenvalue weighted by Gasteiger charge is -2.26. The van der Waals surface area contributed by atoms with E-state index in [4.69, 9.17) is 18.0 Å². The molecule has 1 fully saturated rings. The Morgan fingerprint density at radius 2 is 2.00 bits per heavy atom. The van der Waals surface area contributed by atoms with Crippen LogP contribution < -0.4 is 11.1 Å². The minimum atomic E-state index is -0.768. The highest BCUT2D eigenvalue weighted by Gasteiger charge is 2.43. The van der Waals surface area contributed by atoms with Crippen LogP contribution in [0.25, 0.3) is 0 Å². The highest BCUT2D eigenvalue weighted by molar-refractivity contribution is 7.80. The molecule has 1 aromatic rings. The molecule has 2 rings (SSSR count). The third-order valence-corrected chi connectivity index (χ3v) is 4.05. The van der Waals surface area contributed by atoms with Gasteiger partial charge in [0.1, 0.15) is 5.82 Å². The van der Waals surface area contributed by atoms with Crippen molar-refractivity contribution in [1.29, 1.82) is 0 Å². The van der Waals surface area contributed by atoms with Crippen molar-refractivity contribution in [1.82, 2.24) is 0 Å². The number of benzene rings is 1. The molecule has 1 aliphatic carbocycles. The van der Waals surface area contributed by atoms with Crippen molar-refractivity contribution in [3.05, 3.63) is 29.6 Å². The van der Waals surface area contributed by atoms with Crippen LogP contribution in [0.4, 0.5) is 10.1 Å². The maximum absolute atomic E-state index is 13.3. The SMILES string of the molecule is Cc1cc(F)cc(NC(=O)C2(C(N)=S)CCCC2)c1. The number of nitrogens with two attached hydrogens (primary N) is 1. The highest BCUT2D eigenvalue weighted by atomic mass is 32.1. The number of hydrogen-bond acceptors (Lipinski definition) is 2. The fourth-order valence-corrected chi connectivity index (χ4v) is 2.92. The molecule has 0 unspecified atom stereocenters. The third-order valence-electron chi connectivity index (χ3n) is 3.66. The highest BCUT2D eigenvalue weighted by Crippen LogP contribution is 2.39. The monoisotopic (exact) mass is 280 g/mol. The van der Waals surface area contributed by atoms with E-state index in [1.165, 1.54) is 12.1 Å². The van der Waals surface area contributed by atoms with Gasteiger partial charge in [-0.2, -0.15) is 0 Å². The fourth-order valence-electron chi connectivity index (χ4n) is 2.62. The zero-order valence-corrected chi connectivity index (χ0v) is 11.6. The lowest BCUT2D eigenvalue weighted by Crippen LogP contribution is -2.43. The molecule has 3 N–H and O–H groups in total. The quantitative estimate of drug-likeness (QED) is 0.837. The van der Waals surface area contributed by atoms with Crippen LogP contribution in [0.15, 0.2) is 18.2 Å². The van der Waals surface area contributed by atoms with Gasteiger partial charge in [0.25, 0.3) is 0 Å². The van der Waals surface area contributed by atoms with Gasteiger partial charge in [-0.05, 0) is 43.5 Å². The number of halogens is 1. The molecule has 1 saturated carbocycles. The predicted octanol–water partition coefficient (Wildman–Crippen LogP) is 2.92. The largest absolute Gasteiger partial charge is 0.392 e. The van der Waals surface area contributed by atoms with Crippen molar-refractivity contribution in [3.63, 3.8) is 0 Å². The van der Waals surface area contributed by atoms with Crippen molar-refractivity contribution in [2.24, 2.45) is 11.1 Å². The van der Waals surface area contributed by atoms with E-state index < -0.39 is 5.41 Å². The predicted molar refractivity (Wildman–Crippen MR) is 77.5 cm³/mol. The minimum Gasteiger partial charge on any atom is -0.392 e. The van der Waals surface area contributed by atoms with E-state index in [0.29, 0.717) is 18.5 Å². The molecule has 0 saturated heterocycles. The van der Waals surface area contributed by atoms with Crippen molar-refractivity contribution < 1.29 is 9.18 Å². The lowest BCUT2D eigenvalue weighted by atomic mass is 9.85. The van der Waals surface area contributed by atoms with Gasteiger partial charge in [0.2, 0.25) is 5.91 Å². The number of amides is 1. The van der Waals surface area contributed by atoms with Crippen LogP contribution in [0.1, 0.15) is 31.2 Å². The Hall–Kier alpha value is -1.49. The normalized spacial score (nSPS) is 17.2. The average Bonchev–Trinajstić information content (AvgIpc) is 2.77. The smallest absolute Gasteiger partial charge is 0.237 e. The molecule has 0 aliphatic heterocycles. The molecule has 0 bridgehead atoms. The molecule has 1 amide bonds. The lowest BCUT2D eigenvalue weighted by molar-refractivity contribution is -0.122. The topological polar surface area (TPSA) is 55.1 Å². The molecule has 0 heterocycles. The summed E-state index contributed by atoms with van der Waals surface area (Å²) < 4.78 is 13.3. The summed E-state index contributed by atoms with van der Waals surface area (Å²) in [5, 5.41) is 2.74. The Labute approximate surface area is 117 Å². The van der Waals surface area contributed by atoms with Gasteiger partial charge >= 0.3 is 0 Å². The first-order valence-corrected chi connectivity index (χ1v) is 6.73. The molecular weight excluding hydrogens is 263 g/mol. The van der Waals surface area contributed by atoms with E-state index >= 15 is 0 Å². The van der Waals surface area contributed by atoms with Gasteiger partial charge in [0.05, 0.1) is 10.4 Å². The number of carbonyl (C=O) groups is 1. The number of thiocarbonyl (C=S) groups is 1. The van der Waals surface area contributed by atoms with Crippen LogP contribution in [-0.2, 0) is 4.79 Å². The summed E-state index contributed by atoms with van der Waals surface area (Å²) in [6, 6.07) is 4.44. The Morgan fingerprint density at radius 3 is 2.53 bits per heavy atom.